The van der Waals surface area contributed by atoms with Crippen LogP contribution in [0.25, 0.3) is 0 Å². The van der Waals surface area contributed by atoms with Gasteiger partial charge in [-0.05, 0) is 18.8 Å². The fourth-order valence-corrected chi connectivity index (χ4v) is 2.46. The molecule has 1 aliphatic rings. The highest BCUT2D eigenvalue weighted by Gasteiger charge is 2.34. The van der Waals surface area contributed by atoms with E-state index < -0.39 is 12.0 Å². The lowest BCUT2D eigenvalue weighted by atomic mass is 9.92. The number of hydrogen-bond acceptors (Lipinski definition) is 3. The minimum Gasteiger partial charge on any atom is -0.480 e. The predicted molar refractivity (Wildman–Crippen MR) is 68.4 cm³/mol. The van der Waals surface area contributed by atoms with Gasteiger partial charge < -0.3 is 14.6 Å². The van der Waals surface area contributed by atoms with Crippen molar-refractivity contribution in [3.63, 3.8) is 0 Å². The molecule has 104 valence electrons. The van der Waals surface area contributed by atoms with Crippen molar-refractivity contribution in [3.8, 4) is 0 Å². The number of aliphatic carboxylic acids is 1. The zero-order valence-electron chi connectivity index (χ0n) is 11.0. The van der Waals surface area contributed by atoms with E-state index in [0.717, 1.165) is 6.42 Å². The lowest BCUT2D eigenvalue weighted by molar-refractivity contribution is -0.153. The van der Waals surface area contributed by atoms with Gasteiger partial charge in [-0.2, -0.15) is 0 Å². The van der Waals surface area contributed by atoms with Crippen molar-refractivity contribution in [1.82, 2.24) is 14.5 Å². The predicted octanol–water partition coefficient (Wildman–Crippen LogP) is 0.985. The minimum atomic E-state index is -0.900. The Balaban J connectivity index is 1.94. The molecule has 0 saturated carbocycles. The summed E-state index contributed by atoms with van der Waals surface area (Å²) in [5.41, 5.74) is 0. The highest BCUT2D eigenvalue weighted by Crippen LogP contribution is 2.23. The van der Waals surface area contributed by atoms with Crippen LogP contribution in [-0.4, -0.2) is 44.0 Å². The van der Waals surface area contributed by atoms with Gasteiger partial charge in [-0.15, -0.1) is 0 Å². The minimum absolute atomic E-state index is 0.0898. The van der Waals surface area contributed by atoms with Gasteiger partial charge in [0.05, 0.1) is 6.33 Å². The zero-order valence-corrected chi connectivity index (χ0v) is 11.0. The van der Waals surface area contributed by atoms with Crippen LogP contribution in [0.3, 0.4) is 0 Å². The molecule has 0 radical (unpaired) electrons. The van der Waals surface area contributed by atoms with E-state index in [1.807, 2.05) is 11.5 Å². The van der Waals surface area contributed by atoms with Gasteiger partial charge in [-0.3, -0.25) is 4.79 Å². The molecule has 0 aliphatic carbocycles. The molecule has 0 aromatic carbocycles. The van der Waals surface area contributed by atoms with Crippen molar-refractivity contribution in [2.75, 3.05) is 6.54 Å². The van der Waals surface area contributed by atoms with E-state index in [2.05, 4.69) is 4.98 Å². The Hall–Kier alpha value is -1.85. The second-order valence-electron chi connectivity index (χ2n) is 5.12. The maximum Gasteiger partial charge on any atom is 0.326 e. The van der Waals surface area contributed by atoms with Crippen LogP contribution in [0.4, 0.5) is 0 Å². The van der Waals surface area contributed by atoms with E-state index in [4.69, 9.17) is 0 Å². The summed E-state index contributed by atoms with van der Waals surface area (Å²) in [5, 5.41) is 9.22. The molecule has 1 fully saturated rings. The van der Waals surface area contributed by atoms with Crippen molar-refractivity contribution in [2.45, 2.75) is 38.8 Å². The summed E-state index contributed by atoms with van der Waals surface area (Å²) in [6, 6.07) is -0.668. The summed E-state index contributed by atoms with van der Waals surface area (Å²) in [7, 11) is 0. The van der Waals surface area contributed by atoms with Crippen LogP contribution in [0.1, 0.15) is 26.2 Å². The zero-order chi connectivity index (χ0) is 13.8. The van der Waals surface area contributed by atoms with Crippen LogP contribution in [0.5, 0.6) is 0 Å². The summed E-state index contributed by atoms with van der Waals surface area (Å²) < 4.78 is 1.82. The van der Waals surface area contributed by atoms with Crippen molar-refractivity contribution in [2.24, 2.45) is 5.92 Å². The fraction of sp³-hybridized carbons (Fsp3) is 0.615. The molecule has 2 atom stereocenters. The number of likely N-dealkylation sites (tertiary alicyclic amines) is 1. The van der Waals surface area contributed by atoms with Gasteiger partial charge in [-0.25, -0.2) is 9.78 Å². The van der Waals surface area contributed by atoms with Crippen LogP contribution in [0.15, 0.2) is 18.7 Å². The first kappa shape index (κ1) is 13.6. The third-order valence-electron chi connectivity index (χ3n) is 3.61. The van der Waals surface area contributed by atoms with Crippen LogP contribution in [-0.2, 0) is 16.1 Å². The van der Waals surface area contributed by atoms with Gasteiger partial charge in [0, 0.05) is 31.9 Å². The summed E-state index contributed by atoms with van der Waals surface area (Å²) >= 11 is 0. The van der Waals surface area contributed by atoms with Crippen molar-refractivity contribution in [1.29, 1.82) is 0 Å². The SMILES string of the molecule is CC1CCN(C(=O)CCn2ccnc2)C(C(=O)O)C1. The fourth-order valence-electron chi connectivity index (χ4n) is 2.46. The number of imidazole rings is 1. The number of carbonyl (C=O) groups excluding carboxylic acids is 1. The number of piperidine rings is 1. The standard InChI is InChI=1S/C13H19N3O3/c1-10-2-6-16(11(8-10)13(18)19)12(17)3-5-15-7-4-14-9-15/h4,7,9-11H,2-3,5-6,8H2,1H3,(H,18,19). The molecule has 1 aromatic rings. The molecule has 1 aliphatic heterocycles. The van der Waals surface area contributed by atoms with Crippen molar-refractivity contribution < 1.29 is 14.7 Å². The molecule has 0 bridgehead atoms. The number of aromatic nitrogens is 2. The Morgan fingerprint density at radius 1 is 1.47 bits per heavy atom. The van der Waals surface area contributed by atoms with Crippen LogP contribution in [0.2, 0.25) is 0 Å². The molecule has 6 nitrogen and oxygen atoms in total. The third-order valence-corrected chi connectivity index (χ3v) is 3.61. The van der Waals surface area contributed by atoms with E-state index in [-0.39, 0.29) is 5.91 Å². The number of amides is 1. The lowest BCUT2D eigenvalue weighted by Gasteiger charge is -2.36. The quantitative estimate of drug-likeness (QED) is 0.880. The van der Waals surface area contributed by atoms with E-state index in [0.29, 0.717) is 31.8 Å². The van der Waals surface area contributed by atoms with Gasteiger partial charge in [0.2, 0.25) is 5.91 Å². The average molecular weight is 265 g/mol. The maximum absolute atomic E-state index is 12.1. The van der Waals surface area contributed by atoms with Gasteiger partial charge in [0.15, 0.2) is 0 Å². The summed E-state index contributed by atoms with van der Waals surface area (Å²) in [5.74, 6) is -0.630. The Morgan fingerprint density at radius 2 is 2.26 bits per heavy atom. The number of carbonyl (C=O) groups is 2. The number of carboxylic acid groups (broad SMARTS) is 1. The molecule has 1 N–H and O–H groups in total. The lowest BCUT2D eigenvalue weighted by Crippen LogP contribution is -2.49. The Kier molecular flexibility index (Phi) is 4.19. The molecule has 6 heteroatoms. The highest BCUT2D eigenvalue weighted by molar-refractivity contribution is 5.83. The Bertz CT molecular complexity index is 444. The van der Waals surface area contributed by atoms with Gasteiger partial charge >= 0.3 is 5.97 Å². The molecule has 1 aromatic heterocycles. The first-order chi connectivity index (χ1) is 9.08. The number of hydrogen-bond donors (Lipinski definition) is 1. The van der Waals surface area contributed by atoms with E-state index in [1.165, 1.54) is 4.90 Å². The molecule has 0 spiro atoms. The molecule has 2 unspecified atom stereocenters. The molecule has 1 saturated heterocycles. The molecule has 2 heterocycles. The molecule has 19 heavy (non-hydrogen) atoms. The van der Waals surface area contributed by atoms with Gasteiger partial charge in [-0.1, -0.05) is 6.92 Å². The monoisotopic (exact) mass is 265 g/mol. The first-order valence-corrected chi connectivity index (χ1v) is 6.56. The molecule has 2 rings (SSSR count). The van der Waals surface area contributed by atoms with E-state index >= 15 is 0 Å². The molecular weight excluding hydrogens is 246 g/mol. The average Bonchev–Trinajstić information content (AvgIpc) is 2.88. The first-order valence-electron chi connectivity index (χ1n) is 6.56. The molecule has 1 amide bonds. The number of carboxylic acids is 1. The van der Waals surface area contributed by atoms with Crippen LogP contribution >= 0.6 is 0 Å². The topological polar surface area (TPSA) is 75.4 Å². The number of rotatable bonds is 4. The highest BCUT2D eigenvalue weighted by atomic mass is 16.4. The normalized spacial score (nSPS) is 23.3. The number of nitrogens with zero attached hydrogens (tertiary/aromatic N) is 3. The number of aryl methyl sites for hydroxylation is 1. The summed E-state index contributed by atoms with van der Waals surface area (Å²) in [4.78, 5) is 28.8. The summed E-state index contributed by atoms with van der Waals surface area (Å²) in [6.45, 7) is 3.11. The van der Waals surface area contributed by atoms with Crippen molar-refractivity contribution >= 4 is 11.9 Å². The largest absolute Gasteiger partial charge is 0.480 e. The van der Waals surface area contributed by atoms with E-state index in [1.54, 1.807) is 18.7 Å². The van der Waals surface area contributed by atoms with Gasteiger partial charge in [0.25, 0.3) is 0 Å². The maximum atomic E-state index is 12.1. The van der Waals surface area contributed by atoms with Gasteiger partial charge in [0.1, 0.15) is 6.04 Å². The molecular formula is C13H19N3O3. The summed E-state index contributed by atoms with van der Waals surface area (Å²) in [6.07, 6.45) is 6.84. The smallest absolute Gasteiger partial charge is 0.326 e. The van der Waals surface area contributed by atoms with Crippen molar-refractivity contribution in [3.05, 3.63) is 18.7 Å². The Labute approximate surface area is 112 Å². The van der Waals surface area contributed by atoms with Crippen LogP contribution < -0.4 is 0 Å². The van der Waals surface area contributed by atoms with E-state index in [9.17, 15) is 14.7 Å². The Morgan fingerprint density at radius 3 is 2.89 bits per heavy atom. The van der Waals surface area contributed by atoms with Crippen LogP contribution in [0, 0.1) is 5.92 Å². The second kappa shape index (κ2) is 5.86. The second-order valence-corrected chi connectivity index (χ2v) is 5.12. The third kappa shape index (κ3) is 3.33.